The lowest BCUT2D eigenvalue weighted by Crippen LogP contribution is -2.40. The van der Waals surface area contributed by atoms with Crippen molar-refractivity contribution in [2.75, 3.05) is 13.1 Å². The number of rotatable bonds is 3. The molecule has 3 rings (SSSR count). The predicted octanol–water partition coefficient (Wildman–Crippen LogP) is 2.88. The Balaban J connectivity index is 1.62. The van der Waals surface area contributed by atoms with Crippen LogP contribution >= 0.6 is 0 Å². The van der Waals surface area contributed by atoms with Crippen LogP contribution in [0.4, 0.5) is 0 Å². The summed E-state index contributed by atoms with van der Waals surface area (Å²) in [6.07, 6.45) is 1.11. The van der Waals surface area contributed by atoms with Gasteiger partial charge < -0.3 is 14.4 Å². The summed E-state index contributed by atoms with van der Waals surface area (Å²) in [6.45, 7) is 4.78. The summed E-state index contributed by atoms with van der Waals surface area (Å²) < 4.78 is 5.35. The first-order chi connectivity index (χ1) is 11.1. The van der Waals surface area contributed by atoms with Crippen LogP contribution in [0.15, 0.2) is 34.7 Å². The molecule has 0 spiro atoms. The number of hydrogen-bond donors (Lipinski definition) is 1. The first-order valence-electron chi connectivity index (χ1n) is 8.02. The van der Waals surface area contributed by atoms with E-state index in [2.05, 4.69) is 4.98 Å². The number of carbonyl (C=O) groups is 1. The minimum Gasteiger partial charge on any atom is -0.445 e. The normalized spacial score (nSPS) is 17.3. The van der Waals surface area contributed by atoms with Gasteiger partial charge in [0.15, 0.2) is 11.6 Å². The Kier molecular flexibility index (Phi) is 4.48. The zero-order valence-electron chi connectivity index (χ0n) is 13.5. The average molecular weight is 314 g/mol. The fraction of sp³-hybridized carbons (Fsp3) is 0.444. The molecule has 0 aliphatic carbocycles. The molecule has 1 N–H and O–H groups in total. The Hall–Kier alpha value is -2.14. The molecule has 1 aliphatic heterocycles. The third kappa shape index (κ3) is 3.29. The van der Waals surface area contributed by atoms with Crippen LogP contribution in [0.5, 0.6) is 0 Å². The maximum atomic E-state index is 12.5. The van der Waals surface area contributed by atoms with Gasteiger partial charge in [0, 0.05) is 20.0 Å². The molecule has 1 aliphatic rings. The summed E-state index contributed by atoms with van der Waals surface area (Å²) in [5, 5.41) is 10.5. The molecule has 2 aromatic rings. The number of aryl methyl sites for hydroxylation is 2. The van der Waals surface area contributed by atoms with E-state index < -0.39 is 6.10 Å². The third-order valence-electron chi connectivity index (χ3n) is 4.52. The van der Waals surface area contributed by atoms with Crippen LogP contribution in [0.1, 0.15) is 46.6 Å². The summed E-state index contributed by atoms with van der Waals surface area (Å²) in [5.41, 5.74) is 1.35. The second-order valence-electron chi connectivity index (χ2n) is 6.12. The summed E-state index contributed by atoms with van der Waals surface area (Å²) >= 11 is 0. The second-order valence-corrected chi connectivity index (χ2v) is 6.12. The SMILES string of the molecule is Cc1nc(C(=O)N2CCC(C(O)c3ccccc3)CC2)c(C)o1. The van der Waals surface area contributed by atoms with Gasteiger partial charge in [0.25, 0.3) is 5.91 Å². The van der Waals surface area contributed by atoms with Gasteiger partial charge in [-0.1, -0.05) is 30.3 Å². The van der Waals surface area contributed by atoms with Crippen LogP contribution in [-0.4, -0.2) is 34.0 Å². The number of hydrogen-bond acceptors (Lipinski definition) is 4. The quantitative estimate of drug-likeness (QED) is 0.946. The zero-order valence-corrected chi connectivity index (χ0v) is 13.5. The van der Waals surface area contributed by atoms with Gasteiger partial charge >= 0.3 is 0 Å². The second kappa shape index (κ2) is 6.54. The van der Waals surface area contributed by atoms with Gasteiger partial charge in [-0.2, -0.15) is 0 Å². The molecular weight excluding hydrogens is 292 g/mol. The lowest BCUT2D eigenvalue weighted by atomic mass is 9.87. The van der Waals surface area contributed by atoms with Crippen molar-refractivity contribution in [3.8, 4) is 0 Å². The lowest BCUT2D eigenvalue weighted by Gasteiger charge is -2.34. The van der Waals surface area contributed by atoms with Crippen LogP contribution in [0, 0.1) is 19.8 Å². The highest BCUT2D eigenvalue weighted by atomic mass is 16.4. The van der Waals surface area contributed by atoms with Gasteiger partial charge in [0.1, 0.15) is 5.76 Å². The molecule has 1 saturated heterocycles. The zero-order chi connectivity index (χ0) is 16.4. The first-order valence-corrected chi connectivity index (χ1v) is 8.02. The molecule has 1 aromatic heterocycles. The van der Waals surface area contributed by atoms with Crippen molar-refractivity contribution in [1.82, 2.24) is 9.88 Å². The van der Waals surface area contributed by atoms with Crippen molar-refractivity contribution in [1.29, 1.82) is 0 Å². The highest BCUT2D eigenvalue weighted by Gasteiger charge is 2.30. The van der Waals surface area contributed by atoms with E-state index in [9.17, 15) is 9.90 Å². The number of benzene rings is 1. The molecule has 23 heavy (non-hydrogen) atoms. The molecule has 0 bridgehead atoms. The Morgan fingerprint density at radius 1 is 1.26 bits per heavy atom. The van der Waals surface area contributed by atoms with Crippen molar-refractivity contribution in [2.45, 2.75) is 32.8 Å². The van der Waals surface area contributed by atoms with Gasteiger partial charge in [-0.3, -0.25) is 4.79 Å². The summed E-state index contributed by atoms with van der Waals surface area (Å²) in [7, 11) is 0. The van der Waals surface area contributed by atoms with Crippen LogP contribution in [0.3, 0.4) is 0 Å². The van der Waals surface area contributed by atoms with E-state index in [-0.39, 0.29) is 11.8 Å². The average Bonchev–Trinajstić information content (AvgIpc) is 2.93. The first kappa shape index (κ1) is 15.7. The molecule has 1 fully saturated rings. The summed E-state index contributed by atoms with van der Waals surface area (Å²) in [5.74, 6) is 1.19. The van der Waals surface area contributed by atoms with Gasteiger partial charge in [-0.05, 0) is 31.2 Å². The Bertz CT molecular complexity index is 673. The number of aromatic nitrogens is 1. The molecule has 2 heterocycles. The minimum atomic E-state index is -0.468. The minimum absolute atomic E-state index is 0.0769. The van der Waals surface area contributed by atoms with Gasteiger partial charge in [0.2, 0.25) is 0 Å². The van der Waals surface area contributed by atoms with Crippen molar-refractivity contribution < 1.29 is 14.3 Å². The van der Waals surface area contributed by atoms with Crippen LogP contribution in [0.2, 0.25) is 0 Å². The molecule has 1 aromatic carbocycles. The third-order valence-corrected chi connectivity index (χ3v) is 4.52. The van der Waals surface area contributed by atoms with E-state index in [1.54, 1.807) is 18.7 Å². The molecule has 1 unspecified atom stereocenters. The number of nitrogens with zero attached hydrogens (tertiary/aromatic N) is 2. The monoisotopic (exact) mass is 314 g/mol. The number of aliphatic hydroxyl groups excluding tert-OH is 1. The highest BCUT2D eigenvalue weighted by molar-refractivity contribution is 5.93. The molecule has 0 radical (unpaired) electrons. The smallest absolute Gasteiger partial charge is 0.276 e. The van der Waals surface area contributed by atoms with Crippen molar-refractivity contribution in [3.05, 3.63) is 53.2 Å². The fourth-order valence-electron chi connectivity index (χ4n) is 3.22. The van der Waals surface area contributed by atoms with Gasteiger partial charge in [-0.15, -0.1) is 0 Å². The maximum absolute atomic E-state index is 12.5. The van der Waals surface area contributed by atoms with E-state index in [4.69, 9.17) is 4.42 Å². The topological polar surface area (TPSA) is 66.6 Å². The van der Waals surface area contributed by atoms with E-state index in [0.29, 0.717) is 30.4 Å². The number of piperidine rings is 1. The standard InChI is InChI=1S/C18H22N2O3/c1-12-16(19-13(2)23-12)18(22)20-10-8-15(9-11-20)17(21)14-6-4-3-5-7-14/h3-7,15,17,21H,8-11H2,1-2H3. The van der Waals surface area contributed by atoms with Crippen LogP contribution in [-0.2, 0) is 0 Å². The highest BCUT2D eigenvalue weighted by Crippen LogP contribution is 2.31. The molecule has 0 saturated carbocycles. The van der Waals surface area contributed by atoms with Crippen molar-refractivity contribution in [3.63, 3.8) is 0 Å². The van der Waals surface area contributed by atoms with E-state index in [0.717, 1.165) is 18.4 Å². The van der Waals surface area contributed by atoms with Crippen molar-refractivity contribution in [2.24, 2.45) is 5.92 Å². The van der Waals surface area contributed by atoms with Crippen LogP contribution in [0.25, 0.3) is 0 Å². The van der Waals surface area contributed by atoms with Crippen molar-refractivity contribution >= 4 is 5.91 Å². The lowest BCUT2D eigenvalue weighted by molar-refractivity contribution is 0.0458. The number of aliphatic hydroxyl groups is 1. The van der Waals surface area contributed by atoms with E-state index in [1.807, 2.05) is 30.3 Å². The maximum Gasteiger partial charge on any atom is 0.276 e. The van der Waals surface area contributed by atoms with Crippen LogP contribution < -0.4 is 0 Å². The molecule has 122 valence electrons. The molecular formula is C18H22N2O3. The Labute approximate surface area is 135 Å². The molecule has 5 nitrogen and oxygen atoms in total. The van der Waals surface area contributed by atoms with Gasteiger partial charge in [0.05, 0.1) is 6.10 Å². The molecule has 1 amide bonds. The van der Waals surface area contributed by atoms with E-state index in [1.165, 1.54) is 0 Å². The van der Waals surface area contributed by atoms with Gasteiger partial charge in [-0.25, -0.2) is 4.98 Å². The largest absolute Gasteiger partial charge is 0.445 e. The Morgan fingerprint density at radius 3 is 2.48 bits per heavy atom. The number of amides is 1. The molecule has 5 heteroatoms. The summed E-state index contributed by atoms with van der Waals surface area (Å²) in [4.78, 5) is 18.5. The fourth-order valence-corrected chi connectivity index (χ4v) is 3.22. The predicted molar refractivity (Wildman–Crippen MR) is 86.0 cm³/mol. The summed E-state index contributed by atoms with van der Waals surface area (Å²) in [6, 6.07) is 9.72. The number of carbonyl (C=O) groups excluding carboxylic acids is 1. The molecule has 1 atom stereocenters. The van der Waals surface area contributed by atoms with E-state index >= 15 is 0 Å². The number of likely N-dealkylation sites (tertiary alicyclic amines) is 1. The Morgan fingerprint density at radius 2 is 1.91 bits per heavy atom. The number of oxazole rings is 1.